The van der Waals surface area contributed by atoms with E-state index >= 15 is 0 Å². The molecule has 0 saturated heterocycles. The summed E-state index contributed by atoms with van der Waals surface area (Å²) in [7, 11) is 0. The zero-order valence-electron chi connectivity index (χ0n) is 12.0. The van der Waals surface area contributed by atoms with Gasteiger partial charge in [-0.3, -0.25) is 14.4 Å². The molecule has 0 rings (SSSR count). The Balaban J connectivity index is 3.17. The number of nitrogens with one attached hydrogen (secondary N) is 1. The summed E-state index contributed by atoms with van der Waals surface area (Å²) in [5, 5.41) is 11.2. The summed E-state index contributed by atoms with van der Waals surface area (Å²) >= 11 is 0. The van der Waals surface area contributed by atoms with E-state index in [1.54, 1.807) is 0 Å². The van der Waals surface area contributed by atoms with Crippen LogP contribution >= 0.6 is 0 Å². The molecular formula is C15H25NO4. The Kier molecular flexibility index (Phi) is 12.6. The van der Waals surface area contributed by atoms with Crippen LogP contribution in [0.15, 0.2) is 12.2 Å². The maximum atomic E-state index is 11.1. The van der Waals surface area contributed by atoms with Crippen molar-refractivity contribution in [1.29, 1.82) is 0 Å². The number of carboxylic acids is 1. The number of hydrogen-bond acceptors (Lipinski definition) is 3. The molecule has 0 bridgehead atoms. The van der Waals surface area contributed by atoms with E-state index in [1.165, 1.54) is 12.2 Å². The monoisotopic (exact) mass is 283 g/mol. The van der Waals surface area contributed by atoms with Crippen LogP contribution in [0.25, 0.3) is 0 Å². The van der Waals surface area contributed by atoms with E-state index in [0.717, 1.165) is 51.4 Å². The third kappa shape index (κ3) is 14.4. The third-order valence-corrected chi connectivity index (χ3v) is 2.94. The van der Waals surface area contributed by atoms with Gasteiger partial charge in [0.25, 0.3) is 0 Å². The Hall–Kier alpha value is -1.65. The fourth-order valence-corrected chi connectivity index (χ4v) is 1.86. The highest BCUT2D eigenvalue weighted by Gasteiger charge is 1.97. The molecule has 0 heterocycles. The predicted octanol–water partition coefficient (Wildman–Crippen LogP) is 2.45. The molecule has 2 N–H and O–H groups in total. The van der Waals surface area contributed by atoms with Gasteiger partial charge in [0.2, 0.25) is 5.91 Å². The smallest absolute Gasteiger partial charge is 0.303 e. The molecule has 0 aromatic heterocycles. The van der Waals surface area contributed by atoms with Crippen LogP contribution in [0.4, 0.5) is 0 Å². The van der Waals surface area contributed by atoms with E-state index in [2.05, 4.69) is 5.32 Å². The minimum Gasteiger partial charge on any atom is -0.481 e. The van der Waals surface area contributed by atoms with Gasteiger partial charge in [0.15, 0.2) is 0 Å². The van der Waals surface area contributed by atoms with Crippen molar-refractivity contribution >= 4 is 18.2 Å². The first-order valence-electron chi connectivity index (χ1n) is 7.28. The number of carbonyl (C=O) groups is 3. The number of aliphatic carboxylic acids is 1. The van der Waals surface area contributed by atoms with E-state index in [1.807, 2.05) is 0 Å². The molecule has 0 aromatic rings. The molecule has 5 heteroatoms. The summed E-state index contributed by atoms with van der Waals surface area (Å²) in [4.78, 5) is 31.4. The van der Waals surface area contributed by atoms with Crippen LogP contribution in [0.3, 0.4) is 0 Å². The molecule has 1 amide bonds. The van der Waals surface area contributed by atoms with Crippen molar-refractivity contribution in [3.63, 3.8) is 0 Å². The average molecular weight is 283 g/mol. The van der Waals surface area contributed by atoms with Crippen molar-refractivity contribution in [2.75, 3.05) is 6.54 Å². The molecule has 0 aliphatic carbocycles. The topological polar surface area (TPSA) is 83.5 Å². The Morgan fingerprint density at radius 2 is 1.45 bits per heavy atom. The van der Waals surface area contributed by atoms with Crippen LogP contribution in [0.2, 0.25) is 0 Å². The first-order valence-corrected chi connectivity index (χ1v) is 7.28. The highest BCUT2D eigenvalue weighted by atomic mass is 16.4. The number of amides is 1. The SMILES string of the molecule is O=C/C=C\C(=O)NCCCCCCCCCCC(=O)O. The molecule has 0 aliphatic rings. The van der Waals surface area contributed by atoms with Gasteiger partial charge in [-0.05, 0) is 18.9 Å². The lowest BCUT2D eigenvalue weighted by molar-refractivity contribution is -0.137. The highest BCUT2D eigenvalue weighted by Crippen LogP contribution is 2.09. The van der Waals surface area contributed by atoms with E-state index in [4.69, 9.17) is 5.11 Å². The number of carbonyl (C=O) groups excluding carboxylic acids is 2. The second-order valence-corrected chi connectivity index (χ2v) is 4.76. The highest BCUT2D eigenvalue weighted by molar-refractivity contribution is 5.90. The summed E-state index contributed by atoms with van der Waals surface area (Å²) in [6.07, 6.45) is 11.6. The number of aldehydes is 1. The average Bonchev–Trinajstić information content (AvgIpc) is 2.42. The zero-order valence-corrected chi connectivity index (χ0v) is 12.0. The van der Waals surface area contributed by atoms with Crippen LogP contribution in [0.5, 0.6) is 0 Å². The predicted molar refractivity (Wildman–Crippen MR) is 77.4 cm³/mol. The summed E-state index contributed by atoms with van der Waals surface area (Å²) in [6, 6.07) is 0. The first kappa shape index (κ1) is 18.4. The Morgan fingerprint density at radius 1 is 0.900 bits per heavy atom. The van der Waals surface area contributed by atoms with Crippen molar-refractivity contribution in [2.24, 2.45) is 0 Å². The molecule has 0 saturated carbocycles. The fraction of sp³-hybridized carbons (Fsp3) is 0.667. The zero-order chi connectivity index (χ0) is 15.1. The van der Waals surface area contributed by atoms with Gasteiger partial charge in [0, 0.05) is 19.0 Å². The van der Waals surface area contributed by atoms with Crippen LogP contribution < -0.4 is 5.32 Å². The lowest BCUT2D eigenvalue weighted by Crippen LogP contribution is -2.22. The maximum absolute atomic E-state index is 11.1. The maximum Gasteiger partial charge on any atom is 0.303 e. The van der Waals surface area contributed by atoms with E-state index in [0.29, 0.717) is 12.8 Å². The Labute approximate surface area is 120 Å². The lowest BCUT2D eigenvalue weighted by atomic mass is 10.1. The number of rotatable bonds is 13. The van der Waals surface area contributed by atoms with Gasteiger partial charge in [-0.1, -0.05) is 38.5 Å². The third-order valence-electron chi connectivity index (χ3n) is 2.94. The van der Waals surface area contributed by atoms with E-state index < -0.39 is 5.97 Å². The van der Waals surface area contributed by atoms with Crippen LogP contribution in [-0.4, -0.2) is 29.8 Å². The van der Waals surface area contributed by atoms with Gasteiger partial charge < -0.3 is 10.4 Å². The molecule has 0 aliphatic heterocycles. The largest absolute Gasteiger partial charge is 0.481 e. The molecule has 20 heavy (non-hydrogen) atoms. The van der Waals surface area contributed by atoms with E-state index in [-0.39, 0.29) is 12.3 Å². The van der Waals surface area contributed by atoms with E-state index in [9.17, 15) is 14.4 Å². The summed E-state index contributed by atoms with van der Waals surface area (Å²) < 4.78 is 0. The molecule has 0 radical (unpaired) electrons. The summed E-state index contributed by atoms with van der Waals surface area (Å²) in [5.41, 5.74) is 0. The minimum absolute atomic E-state index is 0.226. The molecule has 0 fully saturated rings. The Bertz CT molecular complexity index is 313. The second kappa shape index (κ2) is 13.8. The van der Waals surface area contributed by atoms with Crippen molar-refractivity contribution in [3.05, 3.63) is 12.2 Å². The summed E-state index contributed by atoms with van der Waals surface area (Å²) in [6.45, 7) is 0.640. The normalized spacial score (nSPS) is 10.6. The minimum atomic E-state index is -0.713. The fourth-order valence-electron chi connectivity index (χ4n) is 1.86. The van der Waals surface area contributed by atoms with Crippen LogP contribution in [0, 0.1) is 0 Å². The molecule has 114 valence electrons. The number of carboxylic acid groups (broad SMARTS) is 1. The molecule has 0 spiro atoms. The molecule has 0 unspecified atom stereocenters. The first-order chi connectivity index (χ1) is 9.66. The van der Waals surface area contributed by atoms with Gasteiger partial charge in [0.05, 0.1) is 0 Å². The number of hydrogen-bond donors (Lipinski definition) is 2. The standard InChI is InChI=1S/C15H25NO4/c17-13-9-10-14(18)16-12-8-6-4-2-1-3-5-7-11-15(19)20/h9-10,13H,1-8,11-12H2,(H,16,18)(H,19,20)/b10-9-. The van der Waals surface area contributed by atoms with Crippen molar-refractivity contribution in [3.8, 4) is 0 Å². The lowest BCUT2D eigenvalue weighted by Gasteiger charge is -2.03. The van der Waals surface area contributed by atoms with Crippen molar-refractivity contribution < 1.29 is 19.5 Å². The van der Waals surface area contributed by atoms with Gasteiger partial charge in [-0.15, -0.1) is 0 Å². The molecule has 0 aromatic carbocycles. The number of unbranched alkanes of at least 4 members (excludes halogenated alkanes) is 7. The molecule has 0 atom stereocenters. The molecular weight excluding hydrogens is 258 g/mol. The second-order valence-electron chi connectivity index (χ2n) is 4.76. The quantitative estimate of drug-likeness (QED) is 0.309. The van der Waals surface area contributed by atoms with Crippen molar-refractivity contribution in [1.82, 2.24) is 5.32 Å². The van der Waals surface area contributed by atoms with Gasteiger partial charge in [-0.25, -0.2) is 0 Å². The van der Waals surface area contributed by atoms with Crippen molar-refractivity contribution in [2.45, 2.75) is 57.8 Å². The van der Waals surface area contributed by atoms with Gasteiger partial charge in [-0.2, -0.15) is 0 Å². The van der Waals surface area contributed by atoms with Gasteiger partial charge >= 0.3 is 5.97 Å². The van der Waals surface area contributed by atoms with Crippen LogP contribution in [0.1, 0.15) is 57.8 Å². The molecule has 5 nitrogen and oxygen atoms in total. The van der Waals surface area contributed by atoms with Gasteiger partial charge in [0.1, 0.15) is 6.29 Å². The summed E-state index contributed by atoms with van der Waals surface area (Å²) in [5.74, 6) is -0.939. The van der Waals surface area contributed by atoms with Crippen LogP contribution in [-0.2, 0) is 14.4 Å². The Morgan fingerprint density at radius 3 is 2.00 bits per heavy atom. The number of allylic oxidation sites excluding steroid dienone is 1.